The summed E-state index contributed by atoms with van der Waals surface area (Å²) < 4.78 is 37.5. The van der Waals surface area contributed by atoms with E-state index < -0.39 is 10.0 Å². The number of morpholine rings is 1. The molecule has 4 rings (SSSR count). The normalized spacial score (nSPS) is 15.3. The quantitative estimate of drug-likeness (QED) is 0.354. The van der Waals surface area contributed by atoms with Gasteiger partial charge in [-0.05, 0) is 19.1 Å². The van der Waals surface area contributed by atoms with E-state index in [-0.39, 0.29) is 16.4 Å². The highest BCUT2D eigenvalue weighted by molar-refractivity contribution is 7.99. The van der Waals surface area contributed by atoms with Crippen molar-refractivity contribution in [3.63, 3.8) is 0 Å². The van der Waals surface area contributed by atoms with Gasteiger partial charge < -0.3 is 9.15 Å². The van der Waals surface area contributed by atoms with Crippen LogP contribution in [0.5, 0.6) is 0 Å². The maximum atomic E-state index is 12.7. The number of hydrogen-bond acceptors (Lipinski definition) is 10. The van der Waals surface area contributed by atoms with Crippen LogP contribution in [0, 0.1) is 6.92 Å². The highest BCUT2D eigenvalue weighted by atomic mass is 32.2. The molecule has 0 unspecified atom stereocenters. The van der Waals surface area contributed by atoms with Gasteiger partial charge in [-0.2, -0.15) is 4.31 Å². The third-order valence-corrected chi connectivity index (χ3v) is 8.11. The molecular weight excluding hydrogens is 460 g/mol. The molecule has 0 atom stereocenters. The van der Waals surface area contributed by atoms with Gasteiger partial charge in [0.15, 0.2) is 5.78 Å². The molecule has 164 valence electrons. The van der Waals surface area contributed by atoms with Crippen molar-refractivity contribution in [2.45, 2.75) is 23.5 Å². The SMILES string of the molecule is Cc1nc(Cc2nnc(SCC(=O)c3ccc(S(=O)(=O)N4CCOCC4)cc3)o2)cs1. The Morgan fingerprint density at radius 3 is 2.61 bits per heavy atom. The van der Waals surface area contributed by atoms with E-state index in [4.69, 9.17) is 9.15 Å². The van der Waals surface area contributed by atoms with Gasteiger partial charge in [0.05, 0.1) is 41.0 Å². The second kappa shape index (κ2) is 9.57. The Morgan fingerprint density at radius 2 is 1.94 bits per heavy atom. The lowest BCUT2D eigenvalue weighted by atomic mass is 10.1. The second-order valence-corrected chi connectivity index (χ2v) is 10.7. The molecule has 3 heterocycles. The first-order valence-corrected chi connectivity index (χ1v) is 12.8. The average Bonchev–Trinajstić information content (AvgIpc) is 3.41. The van der Waals surface area contributed by atoms with E-state index in [2.05, 4.69) is 15.2 Å². The van der Waals surface area contributed by atoms with E-state index in [1.54, 1.807) is 11.3 Å². The smallest absolute Gasteiger partial charge is 0.277 e. The Morgan fingerprint density at radius 1 is 1.19 bits per heavy atom. The van der Waals surface area contributed by atoms with E-state index in [1.807, 2.05) is 12.3 Å². The number of thiazole rings is 1. The van der Waals surface area contributed by atoms with Crippen LogP contribution in [-0.4, -0.2) is 65.7 Å². The Bertz CT molecular complexity index is 1150. The molecular formula is C19H20N4O5S3. The fourth-order valence-electron chi connectivity index (χ4n) is 2.97. The largest absolute Gasteiger partial charge is 0.416 e. The van der Waals surface area contributed by atoms with Crippen LogP contribution in [0.25, 0.3) is 0 Å². The summed E-state index contributed by atoms with van der Waals surface area (Å²) in [7, 11) is -3.58. The minimum Gasteiger partial charge on any atom is -0.416 e. The van der Waals surface area contributed by atoms with Crippen LogP contribution in [0.15, 0.2) is 44.2 Å². The summed E-state index contributed by atoms with van der Waals surface area (Å²) in [5.74, 6) is 0.389. The number of ether oxygens (including phenoxy) is 1. The van der Waals surface area contributed by atoms with Gasteiger partial charge in [-0.25, -0.2) is 13.4 Å². The number of carbonyl (C=O) groups is 1. The van der Waals surface area contributed by atoms with Crippen LogP contribution in [0.1, 0.15) is 27.0 Å². The van der Waals surface area contributed by atoms with E-state index in [1.165, 1.54) is 28.6 Å². The molecule has 3 aromatic rings. The topological polar surface area (TPSA) is 115 Å². The van der Waals surface area contributed by atoms with Gasteiger partial charge in [0, 0.05) is 24.0 Å². The Hall–Kier alpha value is -2.12. The average molecular weight is 481 g/mol. The van der Waals surface area contributed by atoms with Crippen molar-refractivity contribution in [2.75, 3.05) is 32.1 Å². The van der Waals surface area contributed by atoms with Crippen molar-refractivity contribution >= 4 is 38.9 Å². The van der Waals surface area contributed by atoms with Gasteiger partial charge in [-0.3, -0.25) is 4.79 Å². The number of rotatable bonds is 8. The first-order valence-electron chi connectivity index (χ1n) is 9.49. The number of Topliss-reactive ketones (excluding diaryl/α,β-unsaturated/α-hetero) is 1. The molecule has 0 amide bonds. The molecule has 0 bridgehead atoms. The van der Waals surface area contributed by atoms with Crippen LogP contribution < -0.4 is 0 Å². The number of ketones is 1. The van der Waals surface area contributed by atoms with Crippen molar-refractivity contribution in [2.24, 2.45) is 0 Å². The second-order valence-electron chi connectivity index (χ2n) is 6.75. The molecule has 0 spiro atoms. The Labute approximate surface area is 187 Å². The molecule has 1 aliphatic heterocycles. The van der Waals surface area contributed by atoms with Gasteiger partial charge in [-0.1, -0.05) is 23.9 Å². The lowest BCUT2D eigenvalue weighted by Crippen LogP contribution is -2.40. The molecule has 12 heteroatoms. The lowest BCUT2D eigenvalue weighted by molar-refractivity contribution is 0.0730. The number of thioether (sulfide) groups is 1. The zero-order valence-electron chi connectivity index (χ0n) is 16.7. The zero-order valence-corrected chi connectivity index (χ0v) is 19.1. The molecule has 0 saturated carbocycles. The van der Waals surface area contributed by atoms with Crippen LogP contribution in [-0.2, 0) is 21.2 Å². The first-order chi connectivity index (χ1) is 14.9. The third kappa shape index (κ3) is 5.39. The van der Waals surface area contributed by atoms with Crippen molar-refractivity contribution in [1.29, 1.82) is 0 Å². The Kier molecular flexibility index (Phi) is 6.82. The molecule has 9 nitrogen and oxygen atoms in total. The predicted molar refractivity (Wildman–Crippen MR) is 115 cm³/mol. The molecule has 1 aliphatic rings. The fraction of sp³-hybridized carbons (Fsp3) is 0.368. The number of hydrogen-bond donors (Lipinski definition) is 0. The molecule has 31 heavy (non-hydrogen) atoms. The number of carbonyl (C=O) groups excluding carboxylic acids is 1. The standard InChI is InChI=1S/C19H20N4O5S3/c1-13-20-15(11-29-13)10-18-21-22-19(28-18)30-12-17(24)14-2-4-16(5-3-14)31(25,26)23-6-8-27-9-7-23/h2-5,11H,6-10,12H2,1H3. The van der Waals surface area contributed by atoms with Crippen molar-refractivity contribution in [1.82, 2.24) is 19.5 Å². The van der Waals surface area contributed by atoms with Crippen molar-refractivity contribution in [3.8, 4) is 0 Å². The summed E-state index contributed by atoms with van der Waals surface area (Å²) >= 11 is 2.70. The monoisotopic (exact) mass is 480 g/mol. The molecule has 1 aromatic carbocycles. The van der Waals surface area contributed by atoms with E-state index in [9.17, 15) is 13.2 Å². The molecule has 0 N–H and O–H groups in total. The van der Waals surface area contributed by atoms with Crippen LogP contribution in [0.4, 0.5) is 0 Å². The lowest BCUT2D eigenvalue weighted by Gasteiger charge is -2.26. The highest BCUT2D eigenvalue weighted by Gasteiger charge is 2.26. The minimum atomic E-state index is -3.58. The minimum absolute atomic E-state index is 0.104. The Balaban J connectivity index is 1.34. The molecule has 1 saturated heterocycles. The van der Waals surface area contributed by atoms with E-state index in [0.717, 1.165) is 22.5 Å². The highest BCUT2D eigenvalue weighted by Crippen LogP contribution is 2.22. The molecule has 2 aromatic heterocycles. The van der Waals surface area contributed by atoms with Crippen LogP contribution in [0.2, 0.25) is 0 Å². The van der Waals surface area contributed by atoms with E-state index >= 15 is 0 Å². The van der Waals surface area contributed by atoms with Gasteiger partial charge in [0.1, 0.15) is 0 Å². The summed E-state index contributed by atoms with van der Waals surface area (Å²) in [6.45, 7) is 3.35. The first kappa shape index (κ1) is 22.1. The summed E-state index contributed by atoms with van der Waals surface area (Å²) in [6.07, 6.45) is 0.449. The predicted octanol–water partition coefficient (Wildman–Crippen LogP) is 2.42. The van der Waals surface area contributed by atoms with Crippen molar-refractivity contribution in [3.05, 3.63) is 51.8 Å². The van der Waals surface area contributed by atoms with Gasteiger partial charge in [0.25, 0.3) is 5.22 Å². The summed E-state index contributed by atoms with van der Waals surface area (Å²) in [5.41, 5.74) is 1.29. The van der Waals surface area contributed by atoms with Crippen LogP contribution in [0.3, 0.4) is 0 Å². The maximum Gasteiger partial charge on any atom is 0.277 e. The van der Waals surface area contributed by atoms with Crippen molar-refractivity contribution < 1.29 is 22.4 Å². The summed E-state index contributed by atoms with van der Waals surface area (Å²) in [6, 6.07) is 5.98. The molecule has 1 fully saturated rings. The van der Waals surface area contributed by atoms with Gasteiger partial charge in [0.2, 0.25) is 15.9 Å². The third-order valence-electron chi connectivity index (χ3n) is 4.56. The van der Waals surface area contributed by atoms with Gasteiger partial charge in [-0.15, -0.1) is 21.5 Å². The summed E-state index contributed by atoms with van der Waals surface area (Å²) in [4.78, 5) is 17.0. The van der Waals surface area contributed by atoms with E-state index in [0.29, 0.717) is 49.4 Å². The summed E-state index contributed by atoms with van der Waals surface area (Å²) in [5, 5.41) is 11.2. The number of nitrogens with zero attached hydrogens (tertiary/aromatic N) is 4. The number of sulfonamides is 1. The molecule has 0 aliphatic carbocycles. The van der Waals surface area contributed by atoms with Gasteiger partial charge >= 0.3 is 0 Å². The maximum absolute atomic E-state index is 12.7. The number of aryl methyl sites for hydroxylation is 1. The number of benzene rings is 1. The fourth-order valence-corrected chi connectivity index (χ4v) is 5.67. The molecule has 0 radical (unpaired) electrons. The number of aromatic nitrogens is 3. The van der Waals surface area contributed by atoms with Crippen LogP contribution >= 0.6 is 23.1 Å². The zero-order chi connectivity index (χ0) is 21.8.